The van der Waals surface area contributed by atoms with E-state index in [1.54, 1.807) is 12.5 Å². The molecule has 2 heterocycles. The van der Waals surface area contributed by atoms with Crippen LogP contribution in [0.3, 0.4) is 0 Å². The lowest BCUT2D eigenvalue weighted by molar-refractivity contribution is 0.165. The van der Waals surface area contributed by atoms with Crippen molar-refractivity contribution in [1.82, 2.24) is 9.97 Å². The fraction of sp³-hybridized carbons (Fsp3) is 0.429. The van der Waals surface area contributed by atoms with Gasteiger partial charge in [0, 0.05) is 12.7 Å². The molecule has 64 valence electrons. The van der Waals surface area contributed by atoms with E-state index in [9.17, 15) is 0 Å². The van der Waals surface area contributed by atoms with Crippen molar-refractivity contribution >= 4 is 28.4 Å². The smallest absolute Gasteiger partial charge is 0.169 e. The third-order valence-corrected chi connectivity index (χ3v) is 2.40. The molecule has 1 aromatic rings. The standard InChI is InChI=1S/C7H8IN3O/c8-6-4-9-5-10-7(6)11-2-1-3-12-11/h4-5H,1-3H2. The van der Waals surface area contributed by atoms with Crippen LogP contribution in [0.5, 0.6) is 0 Å². The first-order chi connectivity index (χ1) is 5.88. The molecule has 0 bridgehead atoms. The van der Waals surface area contributed by atoms with Gasteiger partial charge in [-0.2, -0.15) is 0 Å². The van der Waals surface area contributed by atoms with Crippen LogP contribution < -0.4 is 5.06 Å². The molecule has 1 aliphatic rings. The number of hydroxylamine groups is 1. The Morgan fingerprint density at radius 3 is 3.17 bits per heavy atom. The van der Waals surface area contributed by atoms with Crippen LogP contribution in [0.2, 0.25) is 0 Å². The van der Waals surface area contributed by atoms with Gasteiger partial charge in [0.05, 0.1) is 10.2 Å². The summed E-state index contributed by atoms with van der Waals surface area (Å²) in [6.07, 6.45) is 4.39. The molecule has 1 aromatic heterocycles. The quantitative estimate of drug-likeness (QED) is 0.723. The molecule has 1 aliphatic heterocycles. The fourth-order valence-corrected chi connectivity index (χ4v) is 1.67. The van der Waals surface area contributed by atoms with E-state index in [1.807, 2.05) is 5.06 Å². The number of rotatable bonds is 1. The summed E-state index contributed by atoms with van der Waals surface area (Å²) in [5.41, 5.74) is 0. The first kappa shape index (κ1) is 8.18. The van der Waals surface area contributed by atoms with Gasteiger partial charge in [0.1, 0.15) is 6.33 Å². The molecule has 0 amide bonds. The largest absolute Gasteiger partial charge is 0.272 e. The van der Waals surface area contributed by atoms with Gasteiger partial charge in [0.25, 0.3) is 0 Å². The first-order valence-electron chi connectivity index (χ1n) is 3.74. The van der Waals surface area contributed by atoms with E-state index in [1.165, 1.54) is 0 Å². The predicted molar refractivity (Wildman–Crippen MR) is 52.7 cm³/mol. The summed E-state index contributed by atoms with van der Waals surface area (Å²) in [4.78, 5) is 13.4. The molecule has 5 heteroatoms. The summed E-state index contributed by atoms with van der Waals surface area (Å²) < 4.78 is 1.03. The summed E-state index contributed by atoms with van der Waals surface area (Å²) >= 11 is 2.20. The van der Waals surface area contributed by atoms with Crippen molar-refractivity contribution in [2.24, 2.45) is 0 Å². The van der Waals surface area contributed by atoms with Crippen molar-refractivity contribution < 1.29 is 4.84 Å². The van der Waals surface area contributed by atoms with E-state index < -0.39 is 0 Å². The van der Waals surface area contributed by atoms with E-state index in [0.717, 1.165) is 29.0 Å². The topological polar surface area (TPSA) is 38.2 Å². The zero-order valence-corrected chi connectivity index (χ0v) is 8.56. The number of aromatic nitrogens is 2. The second-order valence-electron chi connectivity index (χ2n) is 2.48. The Morgan fingerprint density at radius 1 is 1.58 bits per heavy atom. The molecule has 0 radical (unpaired) electrons. The monoisotopic (exact) mass is 277 g/mol. The number of nitrogens with zero attached hydrogens (tertiary/aromatic N) is 3. The van der Waals surface area contributed by atoms with Crippen molar-refractivity contribution in [1.29, 1.82) is 0 Å². The maximum atomic E-state index is 5.36. The second kappa shape index (κ2) is 3.53. The van der Waals surface area contributed by atoms with E-state index in [2.05, 4.69) is 32.6 Å². The van der Waals surface area contributed by atoms with Crippen LogP contribution in [0.25, 0.3) is 0 Å². The number of hydrogen-bond donors (Lipinski definition) is 0. The van der Waals surface area contributed by atoms with Crippen LogP contribution in [-0.2, 0) is 4.84 Å². The normalized spacial score (nSPS) is 16.9. The molecule has 4 nitrogen and oxygen atoms in total. The highest BCUT2D eigenvalue weighted by Crippen LogP contribution is 2.21. The van der Waals surface area contributed by atoms with Gasteiger partial charge in [0.2, 0.25) is 0 Å². The predicted octanol–water partition coefficient (Wildman–Crippen LogP) is 1.22. The van der Waals surface area contributed by atoms with Gasteiger partial charge in [0.15, 0.2) is 5.82 Å². The Labute approximate surface area is 84.0 Å². The summed E-state index contributed by atoms with van der Waals surface area (Å²) in [7, 11) is 0. The van der Waals surface area contributed by atoms with Gasteiger partial charge in [-0.3, -0.25) is 4.84 Å². The Bertz CT molecular complexity index is 275. The molecule has 0 saturated carbocycles. The Kier molecular flexibility index (Phi) is 2.40. The summed E-state index contributed by atoms with van der Waals surface area (Å²) in [6.45, 7) is 1.72. The van der Waals surface area contributed by atoms with Gasteiger partial charge in [-0.25, -0.2) is 15.0 Å². The van der Waals surface area contributed by atoms with Crippen LogP contribution in [0, 0.1) is 3.57 Å². The highest BCUT2D eigenvalue weighted by molar-refractivity contribution is 14.1. The minimum Gasteiger partial charge on any atom is -0.272 e. The molecule has 0 aliphatic carbocycles. The van der Waals surface area contributed by atoms with Gasteiger partial charge in [-0.1, -0.05) is 0 Å². The van der Waals surface area contributed by atoms with Gasteiger partial charge >= 0.3 is 0 Å². The Hall–Kier alpha value is -0.430. The van der Waals surface area contributed by atoms with Gasteiger partial charge < -0.3 is 0 Å². The SMILES string of the molecule is Ic1cncnc1N1CCCO1. The molecule has 0 unspecified atom stereocenters. The van der Waals surface area contributed by atoms with Crippen LogP contribution in [0.15, 0.2) is 12.5 Å². The Balaban J connectivity index is 2.26. The molecule has 12 heavy (non-hydrogen) atoms. The zero-order valence-electron chi connectivity index (χ0n) is 6.40. The van der Waals surface area contributed by atoms with Gasteiger partial charge in [-0.05, 0) is 29.0 Å². The Morgan fingerprint density at radius 2 is 2.50 bits per heavy atom. The summed E-state index contributed by atoms with van der Waals surface area (Å²) in [6, 6.07) is 0. The molecular weight excluding hydrogens is 269 g/mol. The van der Waals surface area contributed by atoms with Crippen LogP contribution >= 0.6 is 22.6 Å². The lowest BCUT2D eigenvalue weighted by Gasteiger charge is -2.14. The summed E-state index contributed by atoms with van der Waals surface area (Å²) in [5.74, 6) is 0.878. The molecule has 1 fully saturated rings. The van der Waals surface area contributed by atoms with Crippen molar-refractivity contribution in [2.75, 3.05) is 18.2 Å². The average molecular weight is 277 g/mol. The molecule has 2 rings (SSSR count). The highest BCUT2D eigenvalue weighted by Gasteiger charge is 2.16. The number of anilines is 1. The van der Waals surface area contributed by atoms with Crippen molar-refractivity contribution in [3.8, 4) is 0 Å². The summed E-state index contributed by atoms with van der Waals surface area (Å²) in [5, 5.41) is 1.82. The van der Waals surface area contributed by atoms with Crippen LogP contribution in [0.4, 0.5) is 5.82 Å². The molecule has 0 atom stereocenters. The zero-order chi connectivity index (χ0) is 8.39. The molecular formula is C7H8IN3O. The third-order valence-electron chi connectivity index (χ3n) is 1.64. The van der Waals surface area contributed by atoms with E-state index in [4.69, 9.17) is 4.84 Å². The molecule has 0 spiro atoms. The average Bonchev–Trinajstić information content (AvgIpc) is 2.57. The van der Waals surface area contributed by atoms with Crippen LogP contribution in [0.1, 0.15) is 6.42 Å². The molecule has 1 saturated heterocycles. The van der Waals surface area contributed by atoms with E-state index >= 15 is 0 Å². The minimum absolute atomic E-state index is 0.792. The third kappa shape index (κ3) is 1.51. The minimum atomic E-state index is 0.792. The maximum Gasteiger partial charge on any atom is 0.169 e. The second-order valence-corrected chi connectivity index (χ2v) is 3.65. The molecule has 0 N–H and O–H groups in total. The van der Waals surface area contributed by atoms with E-state index in [-0.39, 0.29) is 0 Å². The highest BCUT2D eigenvalue weighted by atomic mass is 127. The van der Waals surface area contributed by atoms with Crippen LogP contribution in [-0.4, -0.2) is 23.1 Å². The first-order valence-corrected chi connectivity index (χ1v) is 4.82. The number of halogens is 1. The fourth-order valence-electron chi connectivity index (χ4n) is 1.10. The number of hydrogen-bond acceptors (Lipinski definition) is 4. The van der Waals surface area contributed by atoms with Gasteiger partial charge in [-0.15, -0.1) is 0 Å². The lowest BCUT2D eigenvalue weighted by atomic mass is 10.4. The van der Waals surface area contributed by atoms with E-state index in [0.29, 0.717) is 0 Å². The van der Waals surface area contributed by atoms with Crippen molar-refractivity contribution in [3.63, 3.8) is 0 Å². The maximum absolute atomic E-state index is 5.36. The van der Waals surface area contributed by atoms with Crippen molar-refractivity contribution in [2.45, 2.75) is 6.42 Å². The molecule has 0 aromatic carbocycles. The van der Waals surface area contributed by atoms with Crippen molar-refractivity contribution in [3.05, 3.63) is 16.1 Å². The lowest BCUT2D eigenvalue weighted by Crippen LogP contribution is -2.18.